The Labute approximate surface area is 93.1 Å². The number of hydrogen-bond donors (Lipinski definition) is 2. The summed E-state index contributed by atoms with van der Waals surface area (Å²) in [5.41, 5.74) is 7.53. The molecule has 1 heterocycles. The fourth-order valence-corrected chi connectivity index (χ4v) is 1.39. The van der Waals surface area contributed by atoms with E-state index >= 15 is 0 Å². The average Bonchev–Trinajstić information content (AvgIpc) is 2.25. The van der Waals surface area contributed by atoms with Crippen molar-refractivity contribution in [2.24, 2.45) is 0 Å². The van der Waals surface area contributed by atoms with Gasteiger partial charge in [0.25, 0.3) is 0 Å². The molecule has 0 bridgehead atoms. The average molecular weight is 217 g/mol. The summed E-state index contributed by atoms with van der Waals surface area (Å²) in [5.74, 6) is 0.0470. The van der Waals surface area contributed by atoms with Crippen LogP contribution in [0.4, 0.5) is 21.6 Å². The molecule has 0 atom stereocenters. The van der Waals surface area contributed by atoms with Crippen LogP contribution in [-0.4, -0.2) is 4.98 Å². The maximum absolute atomic E-state index is 13.5. The van der Waals surface area contributed by atoms with E-state index < -0.39 is 0 Å². The molecule has 0 saturated carbocycles. The number of halogens is 1. The Balaban J connectivity index is 2.31. The highest BCUT2D eigenvalue weighted by atomic mass is 19.1. The van der Waals surface area contributed by atoms with Crippen LogP contribution in [0.1, 0.15) is 5.56 Å². The van der Waals surface area contributed by atoms with Gasteiger partial charge in [0, 0.05) is 6.20 Å². The van der Waals surface area contributed by atoms with Crippen molar-refractivity contribution in [3.8, 4) is 0 Å². The van der Waals surface area contributed by atoms with E-state index in [1.807, 2.05) is 13.0 Å². The van der Waals surface area contributed by atoms with E-state index in [0.717, 1.165) is 5.56 Å². The SMILES string of the molecule is Cc1ccc(Nc2cccnc2N)c(F)c1. The summed E-state index contributed by atoms with van der Waals surface area (Å²) in [4.78, 5) is 3.92. The zero-order valence-corrected chi connectivity index (χ0v) is 8.87. The van der Waals surface area contributed by atoms with Crippen molar-refractivity contribution in [3.63, 3.8) is 0 Å². The minimum Gasteiger partial charge on any atom is -0.382 e. The van der Waals surface area contributed by atoms with Gasteiger partial charge in [-0.15, -0.1) is 0 Å². The van der Waals surface area contributed by atoms with E-state index in [4.69, 9.17) is 5.73 Å². The van der Waals surface area contributed by atoms with E-state index in [-0.39, 0.29) is 5.82 Å². The number of nitrogens with two attached hydrogens (primary N) is 1. The van der Waals surface area contributed by atoms with Crippen molar-refractivity contribution < 1.29 is 4.39 Å². The third-order valence-corrected chi connectivity index (χ3v) is 2.23. The van der Waals surface area contributed by atoms with E-state index in [1.165, 1.54) is 6.07 Å². The van der Waals surface area contributed by atoms with E-state index in [0.29, 0.717) is 17.2 Å². The first-order valence-corrected chi connectivity index (χ1v) is 4.90. The zero-order valence-electron chi connectivity index (χ0n) is 8.87. The summed E-state index contributed by atoms with van der Waals surface area (Å²) < 4.78 is 13.5. The first-order valence-electron chi connectivity index (χ1n) is 4.90. The molecule has 0 spiro atoms. The molecule has 0 unspecified atom stereocenters. The standard InChI is InChI=1S/C12H12FN3/c1-8-4-5-10(9(13)7-8)16-11-3-2-6-15-12(11)14/h2-7,16H,1H3,(H2,14,15). The lowest BCUT2D eigenvalue weighted by atomic mass is 10.2. The molecule has 0 saturated heterocycles. The van der Waals surface area contributed by atoms with Gasteiger partial charge in [0.05, 0.1) is 11.4 Å². The predicted octanol–water partition coefficient (Wildman–Crippen LogP) is 2.85. The van der Waals surface area contributed by atoms with Crippen LogP contribution in [0, 0.1) is 12.7 Å². The Morgan fingerprint density at radius 3 is 2.75 bits per heavy atom. The molecule has 0 radical (unpaired) electrons. The van der Waals surface area contributed by atoms with E-state index in [2.05, 4.69) is 10.3 Å². The van der Waals surface area contributed by atoms with Gasteiger partial charge in [-0.25, -0.2) is 9.37 Å². The highest BCUT2D eigenvalue weighted by molar-refractivity contribution is 5.69. The number of benzene rings is 1. The van der Waals surface area contributed by atoms with Gasteiger partial charge in [0.2, 0.25) is 0 Å². The third-order valence-electron chi connectivity index (χ3n) is 2.23. The van der Waals surface area contributed by atoms with Gasteiger partial charge < -0.3 is 11.1 Å². The summed E-state index contributed by atoms with van der Waals surface area (Å²) in [7, 11) is 0. The number of pyridine rings is 1. The molecule has 2 aromatic rings. The van der Waals surface area contributed by atoms with Crippen LogP contribution in [0.15, 0.2) is 36.5 Å². The number of hydrogen-bond acceptors (Lipinski definition) is 3. The zero-order chi connectivity index (χ0) is 11.5. The fourth-order valence-electron chi connectivity index (χ4n) is 1.39. The molecule has 0 aliphatic heterocycles. The Morgan fingerprint density at radius 1 is 1.25 bits per heavy atom. The minimum absolute atomic E-state index is 0.303. The molecule has 1 aromatic carbocycles. The number of aromatic nitrogens is 1. The van der Waals surface area contributed by atoms with E-state index in [1.54, 1.807) is 24.4 Å². The summed E-state index contributed by atoms with van der Waals surface area (Å²) in [6.07, 6.45) is 1.59. The topological polar surface area (TPSA) is 50.9 Å². The Hall–Kier alpha value is -2.10. The number of nitrogen functional groups attached to an aromatic ring is 1. The quantitative estimate of drug-likeness (QED) is 0.813. The molecule has 4 heteroatoms. The Morgan fingerprint density at radius 2 is 2.06 bits per heavy atom. The second-order valence-electron chi connectivity index (χ2n) is 3.54. The van der Waals surface area contributed by atoms with Gasteiger partial charge in [-0.05, 0) is 36.8 Å². The van der Waals surface area contributed by atoms with Crippen molar-refractivity contribution in [1.82, 2.24) is 4.98 Å². The summed E-state index contributed by atoms with van der Waals surface area (Å²) in [6, 6.07) is 8.47. The molecule has 1 aromatic heterocycles. The third kappa shape index (κ3) is 2.11. The van der Waals surface area contributed by atoms with Gasteiger partial charge >= 0.3 is 0 Å². The molecule has 0 aliphatic carbocycles. The predicted molar refractivity (Wildman–Crippen MR) is 63.1 cm³/mol. The van der Waals surface area contributed by atoms with Crippen molar-refractivity contribution in [2.75, 3.05) is 11.1 Å². The minimum atomic E-state index is -0.303. The van der Waals surface area contributed by atoms with Crippen LogP contribution >= 0.6 is 0 Å². The molecule has 82 valence electrons. The Bertz CT molecular complexity index is 511. The summed E-state index contributed by atoms with van der Waals surface area (Å²) >= 11 is 0. The highest BCUT2D eigenvalue weighted by Gasteiger charge is 2.04. The molecule has 2 rings (SSSR count). The highest BCUT2D eigenvalue weighted by Crippen LogP contribution is 2.23. The van der Waals surface area contributed by atoms with Crippen LogP contribution in [0.3, 0.4) is 0 Å². The van der Waals surface area contributed by atoms with Gasteiger partial charge in [0.1, 0.15) is 11.6 Å². The lowest BCUT2D eigenvalue weighted by molar-refractivity contribution is 0.631. The van der Waals surface area contributed by atoms with Crippen LogP contribution in [0.2, 0.25) is 0 Å². The molecule has 0 aliphatic rings. The lowest BCUT2D eigenvalue weighted by Gasteiger charge is -2.09. The van der Waals surface area contributed by atoms with Gasteiger partial charge in [-0.1, -0.05) is 6.07 Å². The van der Waals surface area contributed by atoms with Crippen LogP contribution in [0.25, 0.3) is 0 Å². The van der Waals surface area contributed by atoms with Crippen molar-refractivity contribution in [2.45, 2.75) is 6.92 Å². The fraction of sp³-hybridized carbons (Fsp3) is 0.0833. The summed E-state index contributed by atoms with van der Waals surface area (Å²) in [5, 5.41) is 2.91. The number of rotatable bonds is 2. The van der Waals surface area contributed by atoms with E-state index in [9.17, 15) is 4.39 Å². The molecular formula is C12H12FN3. The largest absolute Gasteiger partial charge is 0.382 e. The number of nitrogens with one attached hydrogen (secondary N) is 1. The number of anilines is 3. The van der Waals surface area contributed by atoms with Crippen LogP contribution < -0.4 is 11.1 Å². The van der Waals surface area contributed by atoms with Crippen molar-refractivity contribution in [1.29, 1.82) is 0 Å². The number of aryl methyl sites for hydroxylation is 1. The monoisotopic (exact) mass is 217 g/mol. The van der Waals surface area contributed by atoms with Crippen LogP contribution in [0.5, 0.6) is 0 Å². The van der Waals surface area contributed by atoms with Gasteiger partial charge in [0.15, 0.2) is 0 Å². The second kappa shape index (κ2) is 4.18. The molecule has 3 nitrogen and oxygen atoms in total. The second-order valence-corrected chi connectivity index (χ2v) is 3.54. The first-order chi connectivity index (χ1) is 7.66. The first kappa shape index (κ1) is 10.4. The van der Waals surface area contributed by atoms with Gasteiger partial charge in [-0.3, -0.25) is 0 Å². The molecular weight excluding hydrogens is 205 g/mol. The van der Waals surface area contributed by atoms with Crippen molar-refractivity contribution >= 4 is 17.2 Å². The van der Waals surface area contributed by atoms with Gasteiger partial charge in [-0.2, -0.15) is 0 Å². The normalized spacial score (nSPS) is 10.1. The molecule has 16 heavy (non-hydrogen) atoms. The molecule has 3 N–H and O–H groups in total. The smallest absolute Gasteiger partial charge is 0.147 e. The summed E-state index contributed by atoms with van der Waals surface area (Å²) in [6.45, 7) is 1.84. The Kier molecular flexibility index (Phi) is 2.72. The molecule has 0 amide bonds. The molecule has 0 fully saturated rings. The number of nitrogens with zero attached hydrogens (tertiary/aromatic N) is 1. The van der Waals surface area contributed by atoms with Crippen LogP contribution in [-0.2, 0) is 0 Å². The maximum Gasteiger partial charge on any atom is 0.147 e. The lowest BCUT2D eigenvalue weighted by Crippen LogP contribution is -1.99. The maximum atomic E-state index is 13.5. The van der Waals surface area contributed by atoms with Crippen molar-refractivity contribution in [3.05, 3.63) is 47.9 Å².